The lowest BCUT2D eigenvalue weighted by molar-refractivity contribution is -0.126. The first-order chi connectivity index (χ1) is 12.5. The number of rotatable bonds is 4. The third-order valence-corrected chi connectivity index (χ3v) is 5.59. The van der Waals surface area contributed by atoms with Gasteiger partial charge in [0, 0.05) is 38.3 Å². The van der Waals surface area contributed by atoms with E-state index in [0.29, 0.717) is 32.8 Å². The highest BCUT2D eigenvalue weighted by atomic mass is 19.1. The molecule has 7 heteroatoms. The fourth-order valence-corrected chi connectivity index (χ4v) is 3.94. The Morgan fingerprint density at radius 3 is 2.81 bits per heavy atom. The quantitative estimate of drug-likeness (QED) is 0.855. The first kappa shape index (κ1) is 18.6. The molecule has 2 aliphatic heterocycles. The van der Waals surface area contributed by atoms with Gasteiger partial charge in [-0.1, -0.05) is 12.1 Å². The molecule has 3 rings (SSSR count). The van der Waals surface area contributed by atoms with E-state index in [0.717, 1.165) is 31.2 Å². The molecule has 142 valence electrons. The molecule has 3 amide bonds. The molecule has 0 saturated carbocycles. The zero-order valence-corrected chi connectivity index (χ0v) is 14.9. The summed E-state index contributed by atoms with van der Waals surface area (Å²) in [6.07, 6.45) is 2.97. The molecule has 1 aromatic rings. The molecule has 1 unspecified atom stereocenters. The van der Waals surface area contributed by atoms with Crippen molar-refractivity contribution in [3.63, 3.8) is 0 Å². The van der Waals surface area contributed by atoms with Crippen molar-refractivity contribution in [1.82, 2.24) is 10.2 Å². The van der Waals surface area contributed by atoms with E-state index in [1.165, 1.54) is 11.0 Å². The van der Waals surface area contributed by atoms with Crippen molar-refractivity contribution in [3.05, 3.63) is 35.6 Å². The van der Waals surface area contributed by atoms with Crippen molar-refractivity contribution in [1.29, 1.82) is 0 Å². The van der Waals surface area contributed by atoms with E-state index >= 15 is 0 Å². The predicted molar refractivity (Wildman–Crippen MR) is 95.0 cm³/mol. The summed E-state index contributed by atoms with van der Waals surface area (Å²) in [6.45, 7) is 2.57. The zero-order chi connectivity index (χ0) is 18.6. The summed E-state index contributed by atoms with van der Waals surface area (Å²) < 4.78 is 19.2. The molecule has 1 atom stereocenters. The number of hydrogen-bond donors (Lipinski definition) is 2. The normalized spacial score (nSPS) is 22.7. The molecule has 2 heterocycles. The van der Waals surface area contributed by atoms with E-state index < -0.39 is 6.03 Å². The van der Waals surface area contributed by atoms with Crippen molar-refractivity contribution in [3.8, 4) is 0 Å². The standard InChI is InChI=1S/C19H26FN3O3/c20-16-5-1-4-15(11-16)19(6-9-26-10-7-19)13-22-17(24)14-3-2-8-23(12-14)18(21)25/h1,4-5,11,14H,2-3,6-10,12-13H2,(H2,21,25)(H,22,24). The summed E-state index contributed by atoms with van der Waals surface area (Å²) in [5.74, 6) is -0.594. The Hall–Kier alpha value is -2.15. The fourth-order valence-electron chi connectivity index (χ4n) is 3.94. The number of amides is 3. The van der Waals surface area contributed by atoms with E-state index in [9.17, 15) is 14.0 Å². The van der Waals surface area contributed by atoms with Gasteiger partial charge in [0.1, 0.15) is 5.82 Å². The van der Waals surface area contributed by atoms with Crippen molar-refractivity contribution < 1.29 is 18.7 Å². The number of halogens is 1. The van der Waals surface area contributed by atoms with E-state index in [1.54, 1.807) is 12.1 Å². The molecule has 3 N–H and O–H groups in total. The van der Waals surface area contributed by atoms with E-state index in [4.69, 9.17) is 10.5 Å². The van der Waals surface area contributed by atoms with Gasteiger partial charge in [-0.3, -0.25) is 4.79 Å². The summed E-state index contributed by atoms with van der Waals surface area (Å²) in [5, 5.41) is 3.04. The molecule has 0 spiro atoms. The average Bonchev–Trinajstić information content (AvgIpc) is 2.67. The summed E-state index contributed by atoms with van der Waals surface area (Å²) in [7, 11) is 0. The Kier molecular flexibility index (Phi) is 5.76. The average molecular weight is 363 g/mol. The number of hydrogen-bond acceptors (Lipinski definition) is 3. The molecule has 26 heavy (non-hydrogen) atoms. The van der Waals surface area contributed by atoms with Crippen molar-refractivity contribution in [2.75, 3.05) is 32.8 Å². The van der Waals surface area contributed by atoms with Crippen LogP contribution in [0, 0.1) is 11.7 Å². The largest absolute Gasteiger partial charge is 0.381 e. The van der Waals surface area contributed by atoms with Gasteiger partial charge in [-0.15, -0.1) is 0 Å². The molecule has 0 aliphatic carbocycles. The van der Waals surface area contributed by atoms with Gasteiger partial charge < -0.3 is 20.7 Å². The third-order valence-electron chi connectivity index (χ3n) is 5.59. The first-order valence-corrected chi connectivity index (χ1v) is 9.16. The number of urea groups is 1. The second-order valence-corrected chi connectivity index (χ2v) is 7.24. The van der Waals surface area contributed by atoms with Gasteiger partial charge in [-0.25, -0.2) is 9.18 Å². The minimum Gasteiger partial charge on any atom is -0.381 e. The Morgan fingerprint density at radius 1 is 1.35 bits per heavy atom. The van der Waals surface area contributed by atoms with Gasteiger partial charge in [0.15, 0.2) is 0 Å². The molecule has 2 saturated heterocycles. The highest BCUT2D eigenvalue weighted by Crippen LogP contribution is 2.34. The van der Waals surface area contributed by atoms with E-state index in [2.05, 4.69) is 5.32 Å². The molecule has 1 aromatic carbocycles. The zero-order valence-electron chi connectivity index (χ0n) is 14.9. The maximum Gasteiger partial charge on any atom is 0.314 e. The number of carbonyl (C=O) groups excluding carboxylic acids is 2. The number of benzene rings is 1. The molecule has 6 nitrogen and oxygen atoms in total. The van der Waals surface area contributed by atoms with Crippen LogP contribution in [0.5, 0.6) is 0 Å². The van der Waals surface area contributed by atoms with Crippen molar-refractivity contribution >= 4 is 11.9 Å². The Labute approximate surface area is 152 Å². The van der Waals surface area contributed by atoms with Gasteiger partial charge in [-0.2, -0.15) is 0 Å². The van der Waals surface area contributed by atoms with Crippen LogP contribution in [-0.2, 0) is 14.9 Å². The molecular weight excluding hydrogens is 337 g/mol. The lowest BCUT2D eigenvalue weighted by Gasteiger charge is -2.38. The fraction of sp³-hybridized carbons (Fsp3) is 0.579. The van der Waals surface area contributed by atoms with Crippen LogP contribution in [0.2, 0.25) is 0 Å². The molecule has 2 aliphatic rings. The lowest BCUT2D eigenvalue weighted by Crippen LogP contribution is -2.50. The SMILES string of the molecule is NC(=O)N1CCCC(C(=O)NCC2(c3cccc(F)c3)CCOCC2)C1. The number of likely N-dealkylation sites (tertiary alicyclic amines) is 1. The summed E-state index contributed by atoms with van der Waals surface area (Å²) in [4.78, 5) is 25.5. The van der Waals surface area contributed by atoms with Gasteiger partial charge in [-0.05, 0) is 43.4 Å². The molecule has 0 bridgehead atoms. The summed E-state index contributed by atoms with van der Waals surface area (Å²) in [6, 6.07) is 6.11. The number of ether oxygens (including phenoxy) is 1. The monoisotopic (exact) mass is 363 g/mol. The number of nitrogens with two attached hydrogens (primary N) is 1. The van der Waals surface area contributed by atoms with E-state index in [1.807, 2.05) is 6.07 Å². The smallest absolute Gasteiger partial charge is 0.314 e. The third kappa shape index (κ3) is 4.15. The van der Waals surface area contributed by atoms with E-state index in [-0.39, 0.29) is 23.1 Å². The summed E-state index contributed by atoms with van der Waals surface area (Å²) >= 11 is 0. The maximum absolute atomic E-state index is 13.7. The van der Waals surface area contributed by atoms with Gasteiger partial charge >= 0.3 is 6.03 Å². The van der Waals surface area contributed by atoms with Gasteiger partial charge in [0.05, 0.1) is 5.92 Å². The minimum absolute atomic E-state index is 0.0711. The second-order valence-electron chi connectivity index (χ2n) is 7.24. The highest BCUT2D eigenvalue weighted by molar-refractivity contribution is 5.80. The van der Waals surface area contributed by atoms with Crippen LogP contribution >= 0.6 is 0 Å². The lowest BCUT2D eigenvalue weighted by atomic mass is 9.74. The topological polar surface area (TPSA) is 84.7 Å². The van der Waals surface area contributed by atoms with Crippen LogP contribution in [-0.4, -0.2) is 49.7 Å². The molecule has 0 radical (unpaired) electrons. The maximum atomic E-state index is 13.7. The van der Waals surface area contributed by atoms with Crippen LogP contribution in [0.3, 0.4) is 0 Å². The van der Waals surface area contributed by atoms with Crippen LogP contribution in [0.25, 0.3) is 0 Å². The van der Waals surface area contributed by atoms with Crippen molar-refractivity contribution in [2.24, 2.45) is 11.7 Å². The second kappa shape index (κ2) is 8.03. The number of nitrogens with one attached hydrogen (secondary N) is 1. The number of primary amides is 1. The van der Waals surface area contributed by atoms with Gasteiger partial charge in [0.25, 0.3) is 0 Å². The number of piperidine rings is 1. The van der Waals surface area contributed by atoms with Crippen molar-refractivity contribution in [2.45, 2.75) is 31.1 Å². The molecule has 0 aromatic heterocycles. The Morgan fingerprint density at radius 2 is 2.12 bits per heavy atom. The highest BCUT2D eigenvalue weighted by Gasteiger charge is 2.36. The number of carbonyl (C=O) groups is 2. The van der Waals surface area contributed by atoms with Crippen LogP contribution in [0.15, 0.2) is 24.3 Å². The molecular formula is C19H26FN3O3. The van der Waals surface area contributed by atoms with Crippen LogP contribution in [0.4, 0.5) is 9.18 Å². The predicted octanol–water partition coefficient (Wildman–Crippen LogP) is 1.78. The molecule has 2 fully saturated rings. The van der Waals surface area contributed by atoms with Gasteiger partial charge in [0.2, 0.25) is 5.91 Å². The Bertz CT molecular complexity index is 661. The van der Waals surface area contributed by atoms with Crippen LogP contribution in [0.1, 0.15) is 31.2 Å². The first-order valence-electron chi connectivity index (χ1n) is 9.16. The number of nitrogens with zero attached hydrogens (tertiary/aromatic N) is 1. The minimum atomic E-state index is -0.483. The summed E-state index contributed by atoms with van der Waals surface area (Å²) in [5.41, 5.74) is 5.90. The Balaban J connectivity index is 1.68. The van der Waals surface area contributed by atoms with Crippen LogP contribution < -0.4 is 11.1 Å².